The molecule has 0 saturated carbocycles. The van der Waals surface area contributed by atoms with Crippen molar-refractivity contribution >= 4 is 5.94 Å². The number of hydrogen-bond acceptors (Lipinski definition) is 1. The highest BCUT2D eigenvalue weighted by molar-refractivity contribution is 5.51. The van der Waals surface area contributed by atoms with Crippen LogP contribution in [0.1, 0.15) is 27.2 Å². The quantitative estimate of drug-likeness (QED) is 0.431. The summed E-state index contributed by atoms with van der Waals surface area (Å²) in [7, 11) is 0. The Labute approximate surface area is 62.4 Å². The first kappa shape index (κ1) is 9.19. The Kier molecular flexibility index (Phi) is 4.61. The summed E-state index contributed by atoms with van der Waals surface area (Å²) in [5, 5.41) is 0. The molecule has 0 amide bonds. The van der Waals surface area contributed by atoms with E-state index in [2.05, 4.69) is 13.8 Å². The highest BCUT2D eigenvalue weighted by atomic mass is 16.1. The van der Waals surface area contributed by atoms with Crippen molar-refractivity contribution in [2.45, 2.75) is 27.2 Å². The van der Waals surface area contributed by atoms with Crippen LogP contribution in [0, 0.1) is 5.92 Å². The minimum atomic E-state index is 0.948. The maximum absolute atomic E-state index is 9.83. The smallest absolute Gasteiger partial charge is 0.124 e. The third-order valence-corrected chi connectivity index (χ3v) is 1.12. The molecule has 0 saturated heterocycles. The lowest BCUT2D eigenvalue weighted by Crippen LogP contribution is -1.80. The average Bonchev–Trinajstić information content (AvgIpc) is 1.85. The Morgan fingerprint density at radius 1 is 1.40 bits per heavy atom. The first-order valence-electron chi connectivity index (χ1n) is 3.33. The molecular weight excluding hydrogens is 124 g/mol. The number of rotatable bonds is 3. The number of hydrogen-bond donors (Lipinski definition) is 0. The van der Waals surface area contributed by atoms with Crippen LogP contribution in [-0.4, -0.2) is 5.94 Å². The Balaban J connectivity index is 3.80. The summed E-state index contributed by atoms with van der Waals surface area (Å²) in [6.45, 7) is 6.02. The molecule has 0 N–H and O–H groups in total. The van der Waals surface area contributed by atoms with Crippen molar-refractivity contribution in [3.05, 3.63) is 23.6 Å². The summed E-state index contributed by atoms with van der Waals surface area (Å²) >= 11 is 0. The molecule has 0 aromatic carbocycles. The van der Waals surface area contributed by atoms with Crippen LogP contribution in [-0.2, 0) is 4.79 Å². The number of allylic oxidation sites excluding steroid dienone is 3. The minimum absolute atomic E-state index is 0.948. The van der Waals surface area contributed by atoms with Gasteiger partial charge in [-0.25, -0.2) is 4.79 Å². The van der Waals surface area contributed by atoms with Gasteiger partial charge in [-0.2, -0.15) is 0 Å². The van der Waals surface area contributed by atoms with Gasteiger partial charge in [-0.3, -0.25) is 0 Å². The Hall–Kier alpha value is -0.810. The molecule has 0 fully saturated rings. The van der Waals surface area contributed by atoms with E-state index in [4.69, 9.17) is 0 Å². The second kappa shape index (κ2) is 5.01. The molecule has 1 nitrogen and oxygen atoms in total. The van der Waals surface area contributed by atoms with Crippen LogP contribution in [0.3, 0.4) is 0 Å². The molecule has 0 rings (SSSR count). The summed E-state index contributed by atoms with van der Waals surface area (Å²) < 4.78 is 0. The summed E-state index contributed by atoms with van der Waals surface area (Å²) in [6.07, 6.45) is 4.41. The molecule has 0 aromatic heterocycles. The summed E-state index contributed by atoms with van der Waals surface area (Å²) in [6, 6.07) is 0. The second-order valence-corrected chi connectivity index (χ2v) is 2.62. The van der Waals surface area contributed by atoms with Gasteiger partial charge in [0.05, 0.1) is 0 Å². The Bertz CT molecular complexity index is 160. The van der Waals surface area contributed by atoms with E-state index < -0.39 is 0 Å². The zero-order chi connectivity index (χ0) is 7.98. The normalized spacial score (nSPS) is 11.4. The van der Waals surface area contributed by atoms with Gasteiger partial charge in [-0.15, -0.1) is 0 Å². The topological polar surface area (TPSA) is 17.1 Å². The van der Waals surface area contributed by atoms with Crippen molar-refractivity contribution in [3.8, 4) is 0 Å². The molecule has 0 aromatic rings. The van der Waals surface area contributed by atoms with E-state index in [0.29, 0.717) is 0 Å². The van der Waals surface area contributed by atoms with E-state index in [1.54, 1.807) is 5.94 Å². The molecule has 0 bridgehead atoms. The first-order chi connectivity index (χ1) is 4.66. The second-order valence-electron chi connectivity index (χ2n) is 2.62. The molecule has 0 spiro atoms. The molecule has 0 aliphatic heterocycles. The van der Waals surface area contributed by atoms with Gasteiger partial charge >= 0.3 is 0 Å². The first-order valence-corrected chi connectivity index (χ1v) is 3.33. The summed E-state index contributed by atoms with van der Waals surface area (Å²) in [4.78, 5) is 9.83. The van der Waals surface area contributed by atoms with Crippen molar-refractivity contribution in [1.82, 2.24) is 0 Å². The van der Waals surface area contributed by atoms with E-state index >= 15 is 0 Å². The van der Waals surface area contributed by atoms with Crippen LogP contribution in [0.4, 0.5) is 0 Å². The fourth-order valence-corrected chi connectivity index (χ4v) is 0.517. The van der Waals surface area contributed by atoms with Crippen LogP contribution in [0.5, 0.6) is 0 Å². The maximum Gasteiger partial charge on any atom is 0.124 e. The largest absolute Gasteiger partial charge is 0.233 e. The lowest BCUT2D eigenvalue weighted by molar-refractivity contribution is 0.569. The minimum Gasteiger partial charge on any atom is -0.233 e. The lowest BCUT2D eigenvalue weighted by atomic mass is 10.1. The van der Waals surface area contributed by atoms with Crippen LogP contribution < -0.4 is 0 Å². The predicted octanol–water partition coefficient (Wildman–Crippen LogP) is 2.32. The molecule has 1 heteroatoms. The van der Waals surface area contributed by atoms with E-state index in [0.717, 1.165) is 12.0 Å². The molecule has 0 aliphatic carbocycles. The maximum atomic E-state index is 9.83. The fraction of sp³-hybridized carbons (Fsp3) is 0.444. The fourth-order valence-electron chi connectivity index (χ4n) is 0.517. The Morgan fingerprint density at radius 2 is 2.00 bits per heavy atom. The lowest BCUT2D eigenvalue weighted by Gasteiger charge is -1.96. The molecule has 1 radical (unpaired) electrons. The van der Waals surface area contributed by atoms with Gasteiger partial charge in [-0.1, -0.05) is 19.9 Å². The van der Waals surface area contributed by atoms with Crippen molar-refractivity contribution in [3.63, 3.8) is 0 Å². The summed E-state index contributed by atoms with van der Waals surface area (Å²) in [5.74, 6) is 3.08. The van der Waals surface area contributed by atoms with Gasteiger partial charge in [0.2, 0.25) is 0 Å². The van der Waals surface area contributed by atoms with Gasteiger partial charge in [0.25, 0.3) is 0 Å². The van der Waals surface area contributed by atoms with Crippen molar-refractivity contribution in [2.24, 2.45) is 0 Å². The van der Waals surface area contributed by atoms with Gasteiger partial charge in [0, 0.05) is 6.08 Å². The van der Waals surface area contributed by atoms with E-state index in [1.807, 2.05) is 13.0 Å². The molecule has 0 aliphatic rings. The van der Waals surface area contributed by atoms with Crippen LogP contribution in [0.25, 0.3) is 0 Å². The SMILES string of the molecule is C[C](C)C/C=C(\C)C=C=O. The molecule has 0 unspecified atom stereocenters. The van der Waals surface area contributed by atoms with Gasteiger partial charge in [-0.05, 0) is 24.8 Å². The third-order valence-electron chi connectivity index (χ3n) is 1.12. The molecule has 55 valence electrons. The predicted molar refractivity (Wildman–Crippen MR) is 43.2 cm³/mol. The molecular formula is C9H13O. The molecule has 0 atom stereocenters. The van der Waals surface area contributed by atoms with E-state index in [1.165, 1.54) is 12.0 Å². The molecule has 0 heterocycles. The zero-order valence-electron chi connectivity index (χ0n) is 6.77. The van der Waals surface area contributed by atoms with E-state index in [-0.39, 0.29) is 0 Å². The zero-order valence-corrected chi connectivity index (χ0v) is 6.77. The monoisotopic (exact) mass is 137 g/mol. The van der Waals surface area contributed by atoms with Crippen molar-refractivity contribution in [1.29, 1.82) is 0 Å². The number of carbonyl (C=O) groups excluding carboxylic acids is 1. The third kappa shape index (κ3) is 5.33. The molecule has 10 heavy (non-hydrogen) atoms. The van der Waals surface area contributed by atoms with Gasteiger partial charge in [0.15, 0.2) is 0 Å². The summed E-state index contributed by atoms with van der Waals surface area (Å²) in [5.41, 5.74) is 0.983. The Morgan fingerprint density at radius 3 is 2.40 bits per heavy atom. The van der Waals surface area contributed by atoms with Crippen LogP contribution in [0.2, 0.25) is 0 Å². The van der Waals surface area contributed by atoms with Crippen LogP contribution in [0.15, 0.2) is 17.7 Å². The van der Waals surface area contributed by atoms with E-state index in [9.17, 15) is 4.79 Å². The van der Waals surface area contributed by atoms with Gasteiger partial charge < -0.3 is 0 Å². The van der Waals surface area contributed by atoms with Crippen molar-refractivity contribution in [2.75, 3.05) is 0 Å². The average molecular weight is 137 g/mol. The van der Waals surface area contributed by atoms with Crippen LogP contribution >= 0.6 is 0 Å². The van der Waals surface area contributed by atoms with Gasteiger partial charge in [0.1, 0.15) is 5.94 Å². The van der Waals surface area contributed by atoms with Crippen molar-refractivity contribution < 1.29 is 4.79 Å². The highest BCUT2D eigenvalue weighted by Gasteiger charge is 1.89. The standard InChI is InChI=1S/C9H13O/c1-8(2)4-5-9(3)6-7-10/h5-6H,4H2,1-3H3/b9-5+. The highest BCUT2D eigenvalue weighted by Crippen LogP contribution is 2.05.